The van der Waals surface area contributed by atoms with E-state index < -0.39 is 5.97 Å². The quantitative estimate of drug-likeness (QED) is 0.569. The first-order valence-electron chi connectivity index (χ1n) is 11.7. The van der Waals surface area contributed by atoms with Crippen LogP contribution in [-0.4, -0.2) is 46.2 Å². The van der Waals surface area contributed by atoms with Crippen molar-refractivity contribution in [1.82, 2.24) is 9.88 Å². The molecule has 2 fully saturated rings. The van der Waals surface area contributed by atoms with Crippen LogP contribution in [0.2, 0.25) is 0 Å². The second-order valence-corrected chi connectivity index (χ2v) is 11.2. The summed E-state index contributed by atoms with van der Waals surface area (Å²) in [7, 11) is 0. The summed E-state index contributed by atoms with van der Waals surface area (Å²) in [5.74, 6) is 0.00487. The van der Waals surface area contributed by atoms with Gasteiger partial charge in [0, 0.05) is 23.7 Å². The Morgan fingerprint density at radius 3 is 2.56 bits per heavy atom. The summed E-state index contributed by atoms with van der Waals surface area (Å²) in [6.45, 7) is 9.65. The van der Waals surface area contributed by atoms with Crippen molar-refractivity contribution >= 4 is 23.0 Å². The van der Waals surface area contributed by atoms with Gasteiger partial charge in [0.25, 0.3) is 0 Å². The first kappa shape index (κ1) is 23.1. The standard InChI is InChI=1S/C25H35N3O3S/c1-25(2,3)22-13-21(23(32-22)24(29)30)27-18-6-8-19(9-7-18)31-20-12-17(14-26-15-20)16-28-10-4-5-11-28/h12-15,18-19,27H,4-11,16H2,1-3H3,(H,29,30). The Morgan fingerprint density at radius 1 is 1.19 bits per heavy atom. The summed E-state index contributed by atoms with van der Waals surface area (Å²) >= 11 is 1.38. The average molecular weight is 458 g/mol. The van der Waals surface area contributed by atoms with Crippen LogP contribution in [0.3, 0.4) is 0 Å². The lowest BCUT2D eigenvalue weighted by molar-refractivity contribution is 0.0703. The van der Waals surface area contributed by atoms with E-state index in [4.69, 9.17) is 4.74 Å². The molecule has 0 bridgehead atoms. The molecule has 0 amide bonds. The highest BCUT2D eigenvalue weighted by molar-refractivity contribution is 7.14. The van der Waals surface area contributed by atoms with Gasteiger partial charge in [-0.25, -0.2) is 4.79 Å². The normalized spacial score (nSPS) is 22.1. The second kappa shape index (κ2) is 9.79. The maximum Gasteiger partial charge on any atom is 0.348 e. The van der Waals surface area contributed by atoms with Crippen LogP contribution < -0.4 is 10.1 Å². The molecule has 174 valence electrons. The smallest absolute Gasteiger partial charge is 0.348 e. The van der Waals surface area contributed by atoms with E-state index in [0.717, 1.165) is 48.5 Å². The number of likely N-dealkylation sites (tertiary alicyclic amines) is 1. The van der Waals surface area contributed by atoms with E-state index >= 15 is 0 Å². The number of anilines is 1. The predicted molar refractivity (Wildman–Crippen MR) is 129 cm³/mol. The Balaban J connectivity index is 1.31. The van der Waals surface area contributed by atoms with Crippen LogP contribution in [-0.2, 0) is 12.0 Å². The molecule has 0 atom stereocenters. The maximum absolute atomic E-state index is 11.7. The molecule has 1 aliphatic carbocycles. The number of aromatic carboxylic acids is 1. The van der Waals surface area contributed by atoms with E-state index in [1.807, 2.05) is 18.5 Å². The first-order valence-corrected chi connectivity index (χ1v) is 12.6. The van der Waals surface area contributed by atoms with E-state index in [-0.39, 0.29) is 17.6 Å². The van der Waals surface area contributed by atoms with Gasteiger partial charge >= 0.3 is 5.97 Å². The maximum atomic E-state index is 11.7. The largest absolute Gasteiger partial charge is 0.489 e. The number of thiophene rings is 1. The summed E-state index contributed by atoms with van der Waals surface area (Å²) in [4.78, 5) is 20.1. The van der Waals surface area contributed by atoms with Crippen molar-refractivity contribution in [3.63, 3.8) is 0 Å². The highest BCUT2D eigenvalue weighted by atomic mass is 32.1. The Labute approximate surface area is 195 Å². The third kappa shape index (κ3) is 5.81. The van der Waals surface area contributed by atoms with Gasteiger partial charge in [-0.3, -0.25) is 9.88 Å². The second-order valence-electron chi connectivity index (χ2n) is 10.2. The van der Waals surface area contributed by atoms with Crippen LogP contribution in [0, 0.1) is 0 Å². The van der Waals surface area contributed by atoms with Gasteiger partial charge in [0.15, 0.2) is 0 Å². The van der Waals surface area contributed by atoms with Crippen molar-refractivity contribution in [2.24, 2.45) is 0 Å². The van der Waals surface area contributed by atoms with Crippen molar-refractivity contribution in [1.29, 1.82) is 0 Å². The molecule has 0 aromatic carbocycles. The van der Waals surface area contributed by atoms with Crippen LogP contribution in [0.4, 0.5) is 5.69 Å². The van der Waals surface area contributed by atoms with Crippen LogP contribution in [0.1, 0.15) is 79.4 Å². The fourth-order valence-electron chi connectivity index (χ4n) is 4.58. The number of rotatable bonds is 7. The van der Waals surface area contributed by atoms with E-state index in [1.54, 1.807) is 0 Å². The number of ether oxygens (including phenoxy) is 1. The molecule has 1 saturated carbocycles. The Morgan fingerprint density at radius 2 is 1.91 bits per heavy atom. The van der Waals surface area contributed by atoms with Crippen LogP contribution in [0.25, 0.3) is 0 Å². The SMILES string of the molecule is CC(C)(C)c1cc(NC2CCC(Oc3cncc(CN4CCCC4)c3)CC2)c(C(=O)O)s1. The fourth-order valence-corrected chi connectivity index (χ4v) is 5.60. The van der Waals surface area contributed by atoms with Crippen LogP contribution >= 0.6 is 11.3 Å². The molecule has 2 aliphatic rings. The minimum absolute atomic E-state index is 0.0579. The van der Waals surface area contributed by atoms with Gasteiger partial charge in [-0.1, -0.05) is 20.8 Å². The van der Waals surface area contributed by atoms with Crippen molar-refractivity contribution in [3.8, 4) is 5.75 Å². The molecular formula is C25H35N3O3S. The molecule has 1 aliphatic heterocycles. The molecule has 2 N–H and O–H groups in total. The number of carboxylic acid groups (broad SMARTS) is 1. The topological polar surface area (TPSA) is 74.7 Å². The minimum Gasteiger partial charge on any atom is -0.489 e. The molecule has 1 saturated heterocycles. The van der Waals surface area contributed by atoms with Gasteiger partial charge in [-0.2, -0.15) is 0 Å². The third-order valence-corrected chi connectivity index (χ3v) is 7.93. The minimum atomic E-state index is -0.855. The number of hydrogen-bond acceptors (Lipinski definition) is 6. The lowest BCUT2D eigenvalue weighted by atomic mass is 9.92. The molecule has 0 spiro atoms. The number of pyridine rings is 1. The number of aromatic nitrogens is 1. The van der Waals surface area contributed by atoms with Crippen molar-refractivity contribution in [2.75, 3.05) is 18.4 Å². The lowest BCUT2D eigenvalue weighted by Gasteiger charge is -2.30. The number of nitrogens with zero attached hydrogens (tertiary/aromatic N) is 2. The molecule has 2 aromatic heterocycles. The Bertz CT molecular complexity index is 923. The number of carboxylic acids is 1. The molecule has 7 heteroatoms. The third-order valence-electron chi connectivity index (χ3n) is 6.38. The zero-order valence-electron chi connectivity index (χ0n) is 19.4. The number of carbonyl (C=O) groups is 1. The van der Waals surface area contributed by atoms with E-state index in [2.05, 4.69) is 42.0 Å². The van der Waals surface area contributed by atoms with E-state index in [1.165, 1.54) is 42.8 Å². The van der Waals surface area contributed by atoms with Crippen LogP contribution in [0.5, 0.6) is 5.75 Å². The van der Waals surface area contributed by atoms with Gasteiger partial charge in [0.05, 0.1) is 18.0 Å². The summed E-state index contributed by atoms with van der Waals surface area (Å²) in [6, 6.07) is 4.43. The van der Waals surface area contributed by atoms with E-state index in [9.17, 15) is 9.90 Å². The molecule has 6 nitrogen and oxygen atoms in total. The Hall–Kier alpha value is -2.12. The number of hydrogen-bond donors (Lipinski definition) is 2. The predicted octanol–water partition coefficient (Wildman–Crippen LogP) is 5.54. The highest BCUT2D eigenvalue weighted by Gasteiger charge is 2.27. The van der Waals surface area contributed by atoms with Gasteiger partial charge in [-0.05, 0) is 74.7 Å². The first-order chi connectivity index (χ1) is 15.3. The zero-order chi connectivity index (χ0) is 22.7. The summed E-state index contributed by atoms with van der Waals surface area (Å²) < 4.78 is 6.27. The highest BCUT2D eigenvalue weighted by Crippen LogP contribution is 2.37. The molecule has 2 aromatic rings. The summed E-state index contributed by atoms with van der Waals surface area (Å²) in [5, 5.41) is 13.1. The van der Waals surface area contributed by atoms with Gasteiger partial charge in [0.2, 0.25) is 0 Å². The van der Waals surface area contributed by atoms with Gasteiger partial charge in [-0.15, -0.1) is 11.3 Å². The number of nitrogens with one attached hydrogen (secondary N) is 1. The molecule has 3 heterocycles. The summed E-state index contributed by atoms with van der Waals surface area (Å²) in [5.41, 5.74) is 1.92. The monoisotopic (exact) mass is 457 g/mol. The van der Waals surface area contributed by atoms with Crippen molar-refractivity contribution in [3.05, 3.63) is 39.8 Å². The Kier molecular flexibility index (Phi) is 7.05. The average Bonchev–Trinajstić information content (AvgIpc) is 3.39. The lowest BCUT2D eigenvalue weighted by Crippen LogP contribution is -2.31. The van der Waals surface area contributed by atoms with Crippen LogP contribution in [0.15, 0.2) is 24.5 Å². The van der Waals surface area contributed by atoms with E-state index in [0.29, 0.717) is 4.88 Å². The molecule has 0 unspecified atom stereocenters. The van der Waals surface area contributed by atoms with Gasteiger partial charge in [0.1, 0.15) is 10.6 Å². The molecular weight excluding hydrogens is 422 g/mol. The van der Waals surface area contributed by atoms with Gasteiger partial charge < -0.3 is 15.2 Å². The molecule has 32 heavy (non-hydrogen) atoms. The molecule has 0 radical (unpaired) electrons. The zero-order valence-corrected chi connectivity index (χ0v) is 20.2. The molecule has 4 rings (SSSR count). The van der Waals surface area contributed by atoms with Crippen molar-refractivity contribution in [2.45, 2.75) is 83.4 Å². The summed E-state index contributed by atoms with van der Waals surface area (Å²) in [6.07, 6.45) is 10.4. The fraction of sp³-hybridized carbons (Fsp3) is 0.600. The van der Waals surface area contributed by atoms with Crippen molar-refractivity contribution < 1.29 is 14.6 Å².